The van der Waals surface area contributed by atoms with Crippen molar-refractivity contribution in [3.05, 3.63) is 62.7 Å². The molecule has 0 amide bonds. The smallest absolute Gasteiger partial charge is 0.433 e. The summed E-state index contributed by atoms with van der Waals surface area (Å²) >= 11 is 6.16. The van der Waals surface area contributed by atoms with Crippen LogP contribution in [0.25, 0.3) is 0 Å². The first-order chi connectivity index (χ1) is 14.3. The van der Waals surface area contributed by atoms with Gasteiger partial charge in [0.1, 0.15) is 5.69 Å². The zero-order valence-corrected chi connectivity index (χ0v) is 16.8. The topological polar surface area (TPSA) is 78.0 Å². The Labute approximate surface area is 176 Å². The maximum atomic E-state index is 13.5. The molecule has 1 aliphatic carbocycles. The van der Waals surface area contributed by atoms with Gasteiger partial charge in [-0.15, -0.1) is 0 Å². The summed E-state index contributed by atoms with van der Waals surface area (Å²) < 4.78 is 40.6. The number of aromatic amines is 1. The number of halogens is 4. The van der Waals surface area contributed by atoms with Gasteiger partial charge in [-0.25, -0.2) is 4.79 Å². The minimum absolute atomic E-state index is 0.0126. The second-order valence-corrected chi connectivity index (χ2v) is 8.08. The largest absolute Gasteiger partial charge is 0.478 e. The number of alkyl halides is 3. The molecule has 5 nitrogen and oxygen atoms in total. The van der Waals surface area contributed by atoms with Crippen LogP contribution in [0.4, 0.5) is 13.2 Å². The highest BCUT2D eigenvalue weighted by Gasteiger charge is 2.37. The van der Waals surface area contributed by atoms with Crippen LogP contribution in [0.5, 0.6) is 0 Å². The van der Waals surface area contributed by atoms with E-state index in [9.17, 15) is 23.1 Å². The van der Waals surface area contributed by atoms with Crippen LogP contribution < -0.4 is 5.32 Å². The summed E-state index contributed by atoms with van der Waals surface area (Å²) in [6, 6.07) is 1.08. The Morgan fingerprint density at radius 3 is 2.80 bits per heavy atom. The molecule has 0 saturated heterocycles. The van der Waals surface area contributed by atoms with Gasteiger partial charge in [0.25, 0.3) is 0 Å². The number of carboxylic acid groups (broad SMARTS) is 1. The quantitative estimate of drug-likeness (QED) is 0.650. The van der Waals surface area contributed by atoms with Crippen LogP contribution in [0.1, 0.15) is 59.1 Å². The van der Waals surface area contributed by atoms with E-state index >= 15 is 0 Å². The lowest BCUT2D eigenvalue weighted by atomic mass is 9.87. The third kappa shape index (κ3) is 3.98. The zero-order chi connectivity index (χ0) is 21.5. The first kappa shape index (κ1) is 20.9. The number of aromatic nitrogens is 2. The highest BCUT2D eigenvalue weighted by Crippen LogP contribution is 2.39. The number of H-pyrrole nitrogens is 1. The summed E-state index contributed by atoms with van der Waals surface area (Å²) in [5.74, 6) is -0.970. The number of aliphatic carboxylic acids is 1. The first-order valence-corrected chi connectivity index (χ1v) is 10.2. The Morgan fingerprint density at radius 2 is 2.07 bits per heavy atom. The normalized spacial score (nSPS) is 19.3. The number of hydrogen-bond donors (Lipinski definition) is 3. The molecule has 0 fully saturated rings. The number of carboxylic acids is 1. The average molecular weight is 440 g/mol. The van der Waals surface area contributed by atoms with Gasteiger partial charge in [0.05, 0.1) is 0 Å². The van der Waals surface area contributed by atoms with Crippen LogP contribution in [0.3, 0.4) is 0 Å². The Morgan fingerprint density at radius 1 is 1.30 bits per heavy atom. The monoisotopic (exact) mass is 439 g/mol. The van der Waals surface area contributed by atoms with Crippen molar-refractivity contribution in [1.82, 2.24) is 15.3 Å². The maximum absolute atomic E-state index is 13.5. The summed E-state index contributed by atoms with van der Waals surface area (Å²) in [6.45, 7) is 0.396. The summed E-state index contributed by atoms with van der Waals surface area (Å²) in [4.78, 5) is 18.4. The minimum atomic E-state index is -4.62. The number of aryl methyl sites for hydroxylation is 1. The molecule has 2 aromatic rings. The molecule has 0 spiro atoms. The molecule has 3 heterocycles. The molecule has 4 rings (SSSR count). The Balaban J connectivity index is 1.78. The molecule has 0 radical (unpaired) electrons. The molecule has 1 atom stereocenters. The predicted molar refractivity (Wildman–Crippen MR) is 106 cm³/mol. The molecular formula is C21H21ClF3N3O2. The van der Waals surface area contributed by atoms with Gasteiger partial charge in [-0.05, 0) is 49.3 Å². The lowest BCUT2D eigenvalue weighted by Crippen LogP contribution is -2.29. The van der Waals surface area contributed by atoms with Gasteiger partial charge in [0, 0.05) is 52.8 Å². The maximum Gasteiger partial charge on any atom is 0.433 e. The van der Waals surface area contributed by atoms with Gasteiger partial charge in [0.2, 0.25) is 0 Å². The van der Waals surface area contributed by atoms with E-state index in [-0.39, 0.29) is 29.5 Å². The fourth-order valence-corrected chi connectivity index (χ4v) is 4.68. The Kier molecular flexibility index (Phi) is 5.63. The lowest BCUT2D eigenvalue weighted by Gasteiger charge is -2.26. The second kappa shape index (κ2) is 8.07. The summed E-state index contributed by atoms with van der Waals surface area (Å²) in [7, 11) is 0. The van der Waals surface area contributed by atoms with Crippen molar-refractivity contribution in [3.8, 4) is 0 Å². The van der Waals surface area contributed by atoms with Crippen LogP contribution in [-0.2, 0) is 30.2 Å². The van der Waals surface area contributed by atoms with Crippen molar-refractivity contribution in [2.45, 2.75) is 50.7 Å². The third-order valence-corrected chi connectivity index (χ3v) is 6.15. The number of rotatable bonds is 4. The number of pyridine rings is 1. The van der Waals surface area contributed by atoms with Gasteiger partial charge >= 0.3 is 12.1 Å². The molecule has 0 saturated carbocycles. The molecule has 1 aliphatic heterocycles. The Hall–Kier alpha value is -2.32. The molecule has 30 heavy (non-hydrogen) atoms. The van der Waals surface area contributed by atoms with E-state index in [1.807, 2.05) is 0 Å². The van der Waals surface area contributed by atoms with Crippen molar-refractivity contribution in [2.24, 2.45) is 0 Å². The van der Waals surface area contributed by atoms with Crippen molar-refractivity contribution < 1.29 is 23.1 Å². The SMILES string of the molecule is O=C(O)C1=CCNC(c2c(Cc3c(Cl)ccnc3C(F)(F)F)[nH]c3c2CCCC3)C1. The average Bonchev–Trinajstić information content (AvgIpc) is 3.06. The third-order valence-electron chi connectivity index (χ3n) is 5.80. The number of hydrogen-bond acceptors (Lipinski definition) is 3. The minimum Gasteiger partial charge on any atom is -0.478 e. The van der Waals surface area contributed by atoms with Crippen molar-refractivity contribution in [1.29, 1.82) is 0 Å². The first-order valence-electron chi connectivity index (χ1n) is 9.84. The lowest BCUT2D eigenvalue weighted by molar-refractivity contribution is -0.141. The number of nitrogens with zero attached hydrogens (tertiary/aromatic N) is 1. The van der Waals surface area contributed by atoms with Crippen LogP contribution >= 0.6 is 11.6 Å². The molecule has 2 aromatic heterocycles. The Bertz CT molecular complexity index is 1010. The van der Waals surface area contributed by atoms with E-state index in [1.165, 1.54) is 6.07 Å². The molecule has 1 unspecified atom stereocenters. The van der Waals surface area contributed by atoms with Gasteiger partial charge in [-0.1, -0.05) is 17.7 Å². The fraction of sp³-hybridized carbons (Fsp3) is 0.429. The van der Waals surface area contributed by atoms with Crippen LogP contribution in [-0.4, -0.2) is 27.6 Å². The second-order valence-electron chi connectivity index (χ2n) is 7.68. The summed E-state index contributed by atoms with van der Waals surface area (Å²) in [6.07, 6.45) is 1.95. The molecule has 0 aromatic carbocycles. The van der Waals surface area contributed by atoms with E-state index < -0.39 is 17.8 Å². The van der Waals surface area contributed by atoms with E-state index in [4.69, 9.17) is 11.6 Å². The number of nitrogens with one attached hydrogen (secondary N) is 2. The standard InChI is InChI=1S/C21H21ClF3N3O2/c22-14-6-8-27-19(21(23,24)25)13(14)10-17-18(12-3-1-2-4-15(12)28-17)16-9-11(20(29)30)5-7-26-16/h5-6,8,16,26,28H,1-4,7,9-10H2,(H,29,30). The predicted octanol–water partition coefficient (Wildman–Crippen LogP) is 4.60. The van der Waals surface area contributed by atoms with Crippen LogP contribution in [0.2, 0.25) is 5.02 Å². The molecule has 9 heteroatoms. The van der Waals surface area contributed by atoms with E-state index in [2.05, 4.69) is 15.3 Å². The molecule has 3 N–H and O–H groups in total. The zero-order valence-electron chi connectivity index (χ0n) is 16.1. The van der Waals surface area contributed by atoms with Crippen molar-refractivity contribution in [3.63, 3.8) is 0 Å². The molecule has 0 bridgehead atoms. The highest BCUT2D eigenvalue weighted by molar-refractivity contribution is 6.31. The van der Waals surface area contributed by atoms with E-state index in [0.29, 0.717) is 17.8 Å². The van der Waals surface area contributed by atoms with Crippen LogP contribution in [0.15, 0.2) is 23.9 Å². The number of fused-ring (bicyclic) bond motifs is 1. The van der Waals surface area contributed by atoms with Crippen molar-refractivity contribution in [2.75, 3.05) is 6.54 Å². The highest BCUT2D eigenvalue weighted by atomic mass is 35.5. The molecule has 2 aliphatic rings. The van der Waals surface area contributed by atoms with E-state index in [0.717, 1.165) is 48.7 Å². The van der Waals surface area contributed by atoms with Gasteiger partial charge < -0.3 is 15.4 Å². The fourth-order valence-electron chi connectivity index (χ4n) is 4.47. The molecular weight excluding hydrogens is 419 g/mol. The molecule has 160 valence electrons. The van der Waals surface area contributed by atoms with Gasteiger partial charge in [-0.2, -0.15) is 13.2 Å². The van der Waals surface area contributed by atoms with Gasteiger partial charge in [0.15, 0.2) is 0 Å². The van der Waals surface area contributed by atoms with Crippen LogP contribution in [0, 0.1) is 0 Å². The summed E-state index contributed by atoms with van der Waals surface area (Å²) in [5.41, 5.74) is 2.89. The van der Waals surface area contributed by atoms with Crippen molar-refractivity contribution >= 4 is 17.6 Å². The van der Waals surface area contributed by atoms with Gasteiger partial charge in [-0.3, -0.25) is 4.98 Å². The number of carbonyl (C=O) groups is 1. The summed E-state index contributed by atoms with van der Waals surface area (Å²) in [5, 5.41) is 12.7. The van der Waals surface area contributed by atoms with E-state index in [1.54, 1.807) is 6.08 Å².